The van der Waals surface area contributed by atoms with Crippen LogP contribution in [0.3, 0.4) is 0 Å². The van der Waals surface area contributed by atoms with Gasteiger partial charge in [0, 0.05) is 42.1 Å². The molecule has 1 aromatic carbocycles. The Kier molecular flexibility index (Phi) is 4.05. The molecule has 2 N–H and O–H groups in total. The SMILES string of the molecule is CCn1ccc2cc(-c3cnc4[nH]cc(C)c4c3)cc(C3CCCN3)c2c1=O. The van der Waals surface area contributed by atoms with E-state index < -0.39 is 0 Å². The average Bonchev–Trinajstić information content (AvgIpc) is 3.38. The van der Waals surface area contributed by atoms with E-state index in [9.17, 15) is 4.79 Å². The van der Waals surface area contributed by atoms with Crippen LogP contribution in [0.5, 0.6) is 0 Å². The van der Waals surface area contributed by atoms with Crippen LogP contribution in [0.15, 0.2) is 47.7 Å². The Bertz CT molecular complexity index is 1240. The number of aromatic amines is 1. The lowest BCUT2D eigenvalue weighted by atomic mass is 9.93. The average molecular weight is 372 g/mol. The topological polar surface area (TPSA) is 62.7 Å². The van der Waals surface area contributed by atoms with Crippen LogP contribution in [0.25, 0.3) is 32.9 Å². The maximum Gasteiger partial charge on any atom is 0.258 e. The quantitative estimate of drug-likeness (QED) is 0.564. The summed E-state index contributed by atoms with van der Waals surface area (Å²) in [5.41, 5.74) is 5.50. The Morgan fingerprint density at radius 3 is 2.93 bits per heavy atom. The number of aryl methyl sites for hydroxylation is 2. The first kappa shape index (κ1) is 17.2. The van der Waals surface area contributed by atoms with Gasteiger partial charge in [0.15, 0.2) is 0 Å². The zero-order valence-corrected chi connectivity index (χ0v) is 16.2. The molecule has 1 aliphatic rings. The van der Waals surface area contributed by atoms with E-state index in [0.29, 0.717) is 6.54 Å². The molecule has 1 aliphatic heterocycles. The van der Waals surface area contributed by atoms with E-state index in [0.717, 1.165) is 57.9 Å². The van der Waals surface area contributed by atoms with Crippen molar-refractivity contribution < 1.29 is 0 Å². The summed E-state index contributed by atoms with van der Waals surface area (Å²) in [6.07, 6.45) is 8.01. The largest absolute Gasteiger partial charge is 0.346 e. The van der Waals surface area contributed by atoms with Gasteiger partial charge in [-0.3, -0.25) is 4.79 Å². The fraction of sp³-hybridized carbons (Fsp3) is 0.304. The molecule has 0 radical (unpaired) electrons. The molecule has 1 fully saturated rings. The van der Waals surface area contributed by atoms with Crippen LogP contribution in [0.2, 0.25) is 0 Å². The molecular weight excluding hydrogens is 348 g/mol. The highest BCUT2D eigenvalue weighted by Crippen LogP contribution is 2.33. The number of hydrogen-bond acceptors (Lipinski definition) is 3. The first-order chi connectivity index (χ1) is 13.7. The Morgan fingerprint density at radius 1 is 1.25 bits per heavy atom. The van der Waals surface area contributed by atoms with Crippen molar-refractivity contribution in [3.63, 3.8) is 0 Å². The molecule has 1 unspecified atom stereocenters. The highest BCUT2D eigenvalue weighted by Gasteiger charge is 2.21. The second kappa shape index (κ2) is 6.60. The molecular formula is C23H24N4O. The fourth-order valence-corrected chi connectivity index (χ4v) is 4.38. The third-order valence-electron chi connectivity index (χ3n) is 5.96. The molecule has 0 saturated carbocycles. The van der Waals surface area contributed by atoms with Gasteiger partial charge in [0.05, 0.1) is 5.39 Å². The van der Waals surface area contributed by atoms with Crippen LogP contribution >= 0.6 is 0 Å². The number of nitrogens with one attached hydrogen (secondary N) is 2. The van der Waals surface area contributed by atoms with Gasteiger partial charge >= 0.3 is 0 Å². The number of hydrogen-bond donors (Lipinski definition) is 2. The molecule has 5 rings (SSSR count). The van der Waals surface area contributed by atoms with Crippen molar-refractivity contribution in [2.75, 3.05) is 6.54 Å². The van der Waals surface area contributed by atoms with Gasteiger partial charge in [-0.25, -0.2) is 4.98 Å². The van der Waals surface area contributed by atoms with Crippen molar-refractivity contribution in [3.05, 3.63) is 64.3 Å². The summed E-state index contributed by atoms with van der Waals surface area (Å²) in [5.74, 6) is 0. The van der Waals surface area contributed by atoms with E-state index in [1.807, 2.05) is 25.5 Å². The number of benzene rings is 1. The van der Waals surface area contributed by atoms with Crippen molar-refractivity contribution in [2.24, 2.45) is 0 Å². The van der Waals surface area contributed by atoms with Crippen LogP contribution in [-0.2, 0) is 6.54 Å². The van der Waals surface area contributed by atoms with Crippen LogP contribution < -0.4 is 10.9 Å². The zero-order valence-electron chi connectivity index (χ0n) is 16.2. The summed E-state index contributed by atoms with van der Waals surface area (Å²) in [6.45, 7) is 5.78. The smallest absolute Gasteiger partial charge is 0.258 e. The third kappa shape index (κ3) is 2.66. The van der Waals surface area contributed by atoms with Crippen molar-refractivity contribution >= 4 is 21.8 Å². The van der Waals surface area contributed by atoms with Gasteiger partial charge in [0.25, 0.3) is 5.56 Å². The second-order valence-electron chi connectivity index (χ2n) is 7.68. The maximum atomic E-state index is 13.1. The summed E-state index contributed by atoms with van der Waals surface area (Å²) in [7, 11) is 0. The standard InChI is InChI=1S/C23H24N4O/c1-3-27-8-6-15-9-16(17-11-18-14(2)12-25-22(18)26-13-17)10-19(21(15)23(27)28)20-5-4-7-24-20/h6,8-13,20,24H,3-5,7H2,1-2H3,(H,25,26). The second-order valence-corrected chi connectivity index (χ2v) is 7.68. The van der Waals surface area contributed by atoms with Crippen molar-refractivity contribution in [2.45, 2.75) is 39.3 Å². The molecule has 3 aromatic heterocycles. The summed E-state index contributed by atoms with van der Waals surface area (Å²) in [4.78, 5) is 20.9. The fourth-order valence-electron chi connectivity index (χ4n) is 4.38. The number of pyridine rings is 2. The van der Waals surface area contributed by atoms with Crippen molar-refractivity contribution in [3.8, 4) is 11.1 Å². The summed E-state index contributed by atoms with van der Waals surface area (Å²) in [6, 6.07) is 8.80. The molecule has 4 aromatic rings. The van der Waals surface area contributed by atoms with Gasteiger partial charge in [-0.2, -0.15) is 0 Å². The molecule has 142 valence electrons. The predicted molar refractivity (Wildman–Crippen MR) is 114 cm³/mol. The van der Waals surface area contributed by atoms with Gasteiger partial charge in [0.2, 0.25) is 0 Å². The van der Waals surface area contributed by atoms with Crippen molar-refractivity contribution in [1.29, 1.82) is 0 Å². The number of fused-ring (bicyclic) bond motifs is 2. The third-order valence-corrected chi connectivity index (χ3v) is 5.96. The number of nitrogens with zero attached hydrogens (tertiary/aromatic N) is 2. The number of H-pyrrole nitrogens is 1. The van der Waals surface area contributed by atoms with Gasteiger partial charge in [-0.1, -0.05) is 0 Å². The van der Waals surface area contributed by atoms with Crippen LogP contribution in [0.1, 0.15) is 36.9 Å². The molecule has 0 spiro atoms. The van der Waals surface area contributed by atoms with Gasteiger partial charge in [0.1, 0.15) is 5.65 Å². The minimum atomic E-state index is 0.102. The highest BCUT2D eigenvalue weighted by molar-refractivity contribution is 5.92. The molecule has 1 saturated heterocycles. The van der Waals surface area contributed by atoms with Crippen LogP contribution in [-0.4, -0.2) is 21.1 Å². The molecule has 0 aliphatic carbocycles. The van der Waals surface area contributed by atoms with Crippen LogP contribution in [0, 0.1) is 6.92 Å². The lowest BCUT2D eigenvalue weighted by molar-refractivity contribution is 0.650. The minimum absolute atomic E-state index is 0.102. The van der Waals surface area contributed by atoms with E-state index in [1.165, 1.54) is 5.56 Å². The number of rotatable bonds is 3. The highest BCUT2D eigenvalue weighted by atomic mass is 16.1. The summed E-state index contributed by atoms with van der Waals surface area (Å²) < 4.78 is 1.79. The first-order valence-electron chi connectivity index (χ1n) is 10.0. The zero-order chi connectivity index (χ0) is 19.3. The van der Waals surface area contributed by atoms with Crippen LogP contribution in [0.4, 0.5) is 0 Å². The summed E-state index contributed by atoms with van der Waals surface area (Å²) in [5, 5.41) is 6.56. The molecule has 5 heteroatoms. The maximum absolute atomic E-state index is 13.1. The molecule has 0 amide bonds. The van der Waals surface area contributed by atoms with E-state index in [1.54, 1.807) is 4.57 Å². The lowest BCUT2D eigenvalue weighted by Crippen LogP contribution is -2.22. The predicted octanol–water partition coefficient (Wildman–Crippen LogP) is 4.30. The Morgan fingerprint density at radius 2 is 2.14 bits per heavy atom. The monoisotopic (exact) mass is 372 g/mol. The van der Waals surface area contributed by atoms with E-state index >= 15 is 0 Å². The van der Waals surface area contributed by atoms with Crippen molar-refractivity contribution in [1.82, 2.24) is 19.9 Å². The molecule has 28 heavy (non-hydrogen) atoms. The van der Waals surface area contributed by atoms with Gasteiger partial charge in [-0.05, 0) is 79.6 Å². The Balaban J connectivity index is 1.77. The molecule has 1 atom stereocenters. The first-order valence-corrected chi connectivity index (χ1v) is 10.0. The molecule has 5 nitrogen and oxygen atoms in total. The normalized spacial score (nSPS) is 17.0. The van der Waals surface area contributed by atoms with E-state index in [4.69, 9.17) is 0 Å². The summed E-state index contributed by atoms with van der Waals surface area (Å²) >= 11 is 0. The minimum Gasteiger partial charge on any atom is -0.346 e. The Hall–Kier alpha value is -2.92. The van der Waals surface area contributed by atoms with Gasteiger partial charge < -0.3 is 14.9 Å². The molecule has 4 heterocycles. The number of aromatic nitrogens is 3. The van der Waals surface area contributed by atoms with E-state index in [2.05, 4.69) is 46.5 Å². The van der Waals surface area contributed by atoms with E-state index in [-0.39, 0.29) is 11.6 Å². The molecule has 0 bridgehead atoms. The van der Waals surface area contributed by atoms with Gasteiger partial charge in [-0.15, -0.1) is 0 Å². The lowest BCUT2D eigenvalue weighted by Gasteiger charge is -2.17. The Labute approximate surface area is 163 Å².